The van der Waals surface area contributed by atoms with Crippen molar-refractivity contribution >= 4 is 17.6 Å². The van der Waals surface area contributed by atoms with Gasteiger partial charge in [-0.1, -0.05) is 12.1 Å². The number of aromatic nitrogens is 2. The number of hydrogen-bond donors (Lipinski definition) is 2. The maximum Gasteiger partial charge on any atom is 0.251 e. The lowest BCUT2D eigenvalue weighted by Crippen LogP contribution is -2.25. The van der Waals surface area contributed by atoms with Crippen LogP contribution in [0.25, 0.3) is 16.8 Å². The third kappa shape index (κ3) is 4.03. The predicted molar refractivity (Wildman–Crippen MR) is 108 cm³/mol. The first-order valence-corrected chi connectivity index (χ1v) is 9.47. The van der Waals surface area contributed by atoms with E-state index < -0.39 is 0 Å². The van der Waals surface area contributed by atoms with E-state index in [1.54, 1.807) is 41.1 Å². The molecule has 148 valence electrons. The van der Waals surface area contributed by atoms with Crippen LogP contribution in [0.2, 0.25) is 0 Å². The van der Waals surface area contributed by atoms with Crippen molar-refractivity contribution in [3.8, 4) is 16.8 Å². The molecule has 2 N–H and O–H groups in total. The maximum atomic E-state index is 13.3. The van der Waals surface area contributed by atoms with Gasteiger partial charge >= 0.3 is 0 Å². The van der Waals surface area contributed by atoms with E-state index in [2.05, 4.69) is 15.7 Å². The number of rotatable bonds is 5. The number of hydrogen-bond acceptors (Lipinski definition) is 3. The molecule has 3 aromatic rings. The van der Waals surface area contributed by atoms with Crippen molar-refractivity contribution in [1.29, 1.82) is 0 Å². The highest BCUT2D eigenvalue weighted by Gasteiger charge is 2.24. The second kappa shape index (κ2) is 7.50. The fraction of sp³-hybridized carbons (Fsp3) is 0.227. The minimum absolute atomic E-state index is 0.0928. The fourth-order valence-corrected chi connectivity index (χ4v) is 3.21. The Balaban J connectivity index is 1.72. The Morgan fingerprint density at radius 3 is 2.31 bits per heavy atom. The molecule has 7 heteroatoms. The van der Waals surface area contributed by atoms with Crippen LogP contribution in [-0.2, 0) is 4.79 Å². The molecular formula is C22H21FN4O2. The Hall–Kier alpha value is -3.48. The summed E-state index contributed by atoms with van der Waals surface area (Å²) >= 11 is 0. The standard InChI is InChI=1S/C22H21FN4O2/c1-13-20(15-3-7-17(23)8-4-15)21(24-14(2)28)27(26-13)19-11-5-16(6-12-19)22(29)25-18-9-10-18/h3-8,11-12,18H,9-10H2,1-2H3,(H,24,28)(H,25,29). The van der Waals surface area contributed by atoms with Crippen molar-refractivity contribution in [2.45, 2.75) is 32.7 Å². The van der Waals surface area contributed by atoms with Crippen molar-refractivity contribution in [2.24, 2.45) is 0 Å². The number of amides is 2. The molecule has 1 aromatic heterocycles. The van der Waals surface area contributed by atoms with Gasteiger partial charge in [0.1, 0.15) is 11.6 Å². The highest BCUT2D eigenvalue weighted by atomic mass is 19.1. The summed E-state index contributed by atoms with van der Waals surface area (Å²) in [6.07, 6.45) is 2.06. The third-order valence-corrected chi connectivity index (χ3v) is 4.77. The van der Waals surface area contributed by atoms with E-state index in [1.807, 2.05) is 6.92 Å². The average molecular weight is 392 g/mol. The van der Waals surface area contributed by atoms with Gasteiger partial charge in [-0.05, 0) is 61.7 Å². The number of anilines is 1. The van der Waals surface area contributed by atoms with Gasteiger partial charge in [-0.2, -0.15) is 5.10 Å². The number of nitrogens with one attached hydrogen (secondary N) is 2. The zero-order chi connectivity index (χ0) is 20.5. The molecule has 0 radical (unpaired) electrons. The van der Waals surface area contributed by atoms with Gasteiger partial charge in [-0.3, -0.25) is 9.59 Å². The Morgan fingerprint density at radius 2 is 1.72 bits per heavy atom. The molecule has 29 heavy (non-hydrogen) atoms. The molecule has 0 bridgehead atoms. The molecule has 6 nitrogen and oxygen atoms in total. The first kappa shape index (κ1) is 18.9. The zero-order valence-electron chi connectivity index (χ0n) is 16.2. The molecule has 1 heterocycles. The number of nitrogens with zero attached hydrogens (tertiary/aromatic N) is 2. The second-order valence-corrected chi connectivity index (χ2v) is 7.20. The molecule has 0 spiro atoms. The van der Waals surface area contributed by atoms with Gasteiger partial charge in [0.15, 0.2) is 0 Å². The lowest BCUT2D eigenvalue weighted by molar-refractivity contribution is -0.114. The number of benzene rings is 2. The van der Waals surface area contributed by atoms with Gasteiger partial charge < -0.3 is 10.6 Å². The Kier molecular flexibility index (Phi) is 4.88. The lowest BCUT2D eigenvalue weighted by atomic mass is 10.1. The van der Waals surface area contributed by atoms with Crippen LogP contribution in [0.1, 0.15) is 35.8 Å². The largest absolute Gasteiger partial charge is 0.349 e. The number of carbonyl (C=O) groups excluding carboxylic acids is 2. The van der Waals surface area contributed by atoms with Crippen LogP contribution in [-0.4, -0.2) is 27.6 Å². The quantitative estimate of drug-likeness (QED) is 0.693. The molecule has 1 aliphatic rings. The maximum absolute atomic E-state index is 13.3. The molecule has 0 saturated heterocycles. The van der Waals surface area contributed by atoms with Gasteiger partial charge in [0, 0.05) is 24.1 Å². The monoisotopic (exact) mass is 392 g/mol. The molecule has 2 aromatic carbocycles. The molecule has 0 atom stereocenters. The lowest BCUT2D eigenvalue weighted by Gasteiger charge is -2.11. The summed E-state index contributed by atoms with van der Waals surface area (Å²) in [5.41, 5.74) is 3.43. The van der Waals surface area contributed by atoms with Crippen LogP contribution >= 0.6 is 0 Å². The Labute approximate surface area is 167 Å². The third-order valence-electron chi connectivity index (χ3n) is 4.77. The molecule has 1 saturated carbocycles. The smallest absolute Gasteiger partial charge is 0.251 e. The summed E-state index contributed by atoms with van der Waals surface area (Å²) in [7, 11) is 0. The SMILES string of the molecule is CC(=O)Nc1c(-c2ccc(F)cc2)c(C)nn1-c1ccc(C(=O)NC2CC2)cc1. The van der Waals surface area contributed by atoms with Gasteiger partial charge in [-0.15, -0.1) is 0 Å². The van der Waals surface area contributed by atoms with Crippen LogP contribution in [0.3, 0.4) is 0 Å². The van der Waals surface area contributed by atoms with Gasteiger partial charge in [0.05, 0.1) is 11.4 Å². The van der Waals surface area contributed by atoms with Crippen molar-refractivity contribution in [1.82, 2.24) is 15.1 Å². The second-order valence-electron chi connectivity index (χ2n) is 7.20. The molecule has 0 aliphatic heterocycles. The molecule has 4 rings (SSSR count). The van der Waals surface area contributed by atoms with Crippen LogP contribution in [0.5, 0.6) is 0 Å². The molecule has 1 fully saturated rings. The molecular weight excluding hydrogens is 371 g/mol. The van der Waals surface area contributed by atoms with Crippen molar-refractivity contribution < 1.29 is 14.0 Å². The molecule has 2 amide bonds. The van der Waals surface area contributed by atoms with Gasteiger partial charge in [0.2, 0.25) is 5.91 Å². The van der Waals surface area contributed by atoms with Crippen molar-refractivity contribution in [3.63, 3.8) is 0 Å². The summed E-state index contributed by atoms with van der Waals surface area (Å²) in [6.45, 7) is 3.25. The predicted octanol–water partition coefficient (Wildman–Crippen LogP) is 3.84. The molecule has 0 unspecified atom stereocenters. The van der Waals surface area contributed by atoms with Crippen LogP contribution in [0, 0.1) is 12.7 Å². The summed E-state index contributed by atoms with van der Waals surface area (Å²) in [5.74, 6) is -0.170. The summed E-state index contributed by atoms with van der Waals surface area (Å²) < 4.78 is 15.0. The minimum Gasteiger partial charge on any atom is -0.349 e. The Morgan fingerprint density at radius 1 is 1.07 bits per heavy atom. The van der Waals surface area contributed by atoms with E-state index in [0.29, 0.717) is 28.8 Å². The Bertz CT molecular complexity index is 1070. The number of aryl methyl sites for hydroxylation is 1. The van der Waals surface area contributed by atoms with Gasteiger partial charge in [0.25, 0.3) is 5.91 Å². The first-order chi connectivity index (χ1) is 13.9. The van der Waals surface area contributed by atoms with E-state index >= 15 is 0 Å². The average Bonchev–Trinajstić information content (AvgIpc) is 3.45. The summed E-state index contributed by atoms with van der Waals surface area (Å²) in [6, 6.07) is 13.4. The van der Waals surface area contributed by atoms with E-state index in [4.69, 9.17) is 0 Å². The van der Waals surface area contributed by atoms with Gasteiger partial charge in [-0.25, -0.2) is 9.07 Å². The van der Waals surface area contributed by atoms with E-state index in [9.17, 15) is 14.0 Å². The van der Waals surface area contributed by atoms with E-state index in [-0.39, 0.29) is 17.6 Å². The zero-order valence-corrected chi connectivity index (χ0v) is 16.2. The molecule has 1 aliphatic carbocycles. The highest BCUT2D eigenvalue weighted by Crippen LogP contribution is 2.33. The number of halogens is 1. The van der Waals surface area contributed by atoms with Crippen LogP contribution < -0.4 is 10.6 Å². The normalized spacial score (nSPS) is 13.2. The highest BCUT2D eigenvalue weighted by molar-refractivity contribution is 5.95. The summed E-state index contributed by atoms with van der Waals surface area (Å²) in [4.78, 5) is 24.0. The van der Waals surface area contributed by atoms with Crippen LogP contribution in [0.4, 0.5) is 10.2 Å². The topological polar surface area (TPSA) is 76.0 Å². The minimum atomic E-state index is -0.333. The number of carbonyl (C=O) groups is 2. The summed E-state index contributed by atoms with van der Waals surface area (Å²) in [5, 5.41) is 10.4. The van der Waals surface area contributed by atoms with Crippen molar-refractivity contribution in [3.05, 3.63) is 65.6 Å². The fourth-order valence-electron chi connectivity index (χ4n) is 3.21. The first-order valence-electron chi connectivity index (χ1n) is 9.47. The van der Waals surface area contributed by atoms with E-state index in [1.165, 1.54) is 19.1 Å². The van der Waals surface area contributed by atoms with Crippen LogP contribution in [0.15, 0.2) is 48.5 Å². The van der Waals surface area contributed by atoms with E-state index in [0.717, 1.165) is 24.0 Å². The van der Waals surface area contributed by atoms with Crippen molar-refractivity contribution in [2.75, 3.05) is 5.32 Å².